The molecule has 1 aliphatic carbocycles. The molecule has 2 aliphatic rings. The minimum Gasteiger partial charge on any atom is -0.295 e. The van der Waals surface area contributed by atoms with Gasteiger partial charge in [-0.2, -0.15) is 0 Å². The molecule has 2 atom stereocenters. The van der Waals surface area contributed by atoms with Crippen molar-refractivity contribution in [3.8, 4) is 0 Å². The molecule has 0 radical (unpaired) electrons. The molecule has 0 unspecified atom stereocenters. The Morgan fingerprint density at radius 1 is 1.17 bits per heavy atom. The van der Waals surface area contributed by atoms with Gasteiger partial charge in [0.25, 0.3) is 0 Å². The quantitative estimate of drug-likeness (QED) is 0.766. The Morgan fingerprint density at radius 2 is 1.78 bits per heavy atom. The van der Waals surface area contributed by atoms with Crippen molar-refractivity contribution >= 4 is 11.8 Å². The van der Waals surface area contributed by atoms with E-state index in [2.05, 4.69) is 38.2 Å². The van der Waals surface area contributed by atoms with Crippen LogP contribution in [0.15, 0.2) is 24.3 Å². The molecule has 3 heteroatoms. The maximum atomic E-state index is 11.9. The van der Waals surface area contributed by atoms with Crippen LogP contribution in [0.4, 0.5) is 0 Å². The lowest BCUT2D eigenvalue weighted by molar-refractivity contribution is -0.127. The maximum absolute atomic E-state index is 11.9. The molecule has 2 fully saturated rings. The predicted octanol–water partition coefficient (Wildman–Crippen LogP) is 1.90. The van der Waals surface area contributed by atoms with Gasteiger partial charge >= 0.3 is 0 Å². The fraction of sp³-hybridized carbons (Fsp3) is 0.467. The maximum Gasteiger partial charge on any atom is 0.238 e. The third kappa shape index (κ3) is 1.36. The standard InChI is InChI=1S/C15H17NO2/c1-14(2,3)9-4-6-10(7-5-9)15-8-11(15)12(17)16-13(15)18/h4-7,11H,8H2,1-3H3,(H,16,17,18)/t11-,15-/m1/s1. The molecule has 1 aromatic carbocycles. The molecule has 0 aromatic heterocycles. The first-order chi connectivity index (χ1) is 8.35. The molecule has 0 spiro atoms. The first-order valence-corrected chi connectivity index (χ1v) is 6.32. The molecule has 1 saturated carbocycles. The van der Waals surface area contributed by atoms with Crippen LogP contribution in [-0.2, 0) is 20.4 Å². The highest BCUT2D eigenvalue weighted by Gasteiger charge is 2.69. The van der Waals surface area contributed by atoms with Gasteiger partial charge in [-0.05, 0) is 23.0 Å². The number of piperidine rings is 1. The van der Waals surface area contributed by atoms with Crippen molar-refractivity contribution in [3.05, 3.63) is 35.4 Å². The number of amides is 2. The third-order valence-corrected chi connectivity index (χ3v) is 4.19. The minimum atomic E-state index is -0.548. The van der Waals surface area contributed by atoms with Gasteiger partial charge in [-0.15, -0.1) is 0 Å². The fourth-order valence-electron chi connectivity index (χ4n) is 2.86. The highest BCUT2D eigenvalue weighted by Crippen LogP contribution is 2.57. The van der Waals surface area contributed by atoms with Gasteiger partial charge < -0.3 is 0 Å². The Hall–Kier alpha value is -1.64. The topological polar surface area (TPSA) is 46.2 Å². The zero-order valence-corrected chi connectivity index (χ0v) is 10.9. The summed E-state index contributed by atoms with van der Waals surface area (Å²) in [4.78, 5) is 23.4. The molecular formula is C15H17NO2. The summed E-state index contributed by atoms with van der Waals surface area (Å²) in [6, 6.07) is 8.13. The first-order valence-electron chi connectivity index (χ1n) is 6.32. The zero-order valence-electron chi connectivity index (χ0n) is 10.9. The number of hydrogen-bond donors (Lipinski definition) is 1. The van der Waals surface area contributed by atoms with Crippen LogP contribution in [0.25, 0.3) is 0 Å². The van der Waals surface area contributed by atoms with E-state index < -0.39 is 5.41 Å². The SMILES string of the molecule is CC(C)(C)c1ccc([C@]23C[C@@H]2C(=O)NC3=O)cc1. The summed E-state index contributed by atoms with van der Waals surface area (Å²) in [7, 11) is 0. The van der Waals surface area contributed by atoms with Gasteiger partial charge in [0.15, 0.2) is 0 Å². The number of carbonyl (C=O) groups excluding carboxylic acids is 2. The summed E-state index contributed by atoms with van der Waals surface area (Å²) in [6.07, 6.45) is 0.673. The summed E-state index contributed by atoms with van der Waals surface area (Å²) in [5.74, 6) is -0.369. The van der Waals surface area contributed by atoms with Crippen LogP contribution in [0.3, 0.4) is 0 Å². The molecule has 1 saturated heterocycles. The van der Waals surface area contributed by atoms with Gasteiger partial charge in [-0.1, -0.05) is 45.0 Å². The van der Waals surface area contributed by atoms with Crippen LogP contribution in [-0.4, -0.2) is 11.8 Å². The molecule has 94 valence electrons. The van der Waals surface area contributed by atoms with Crippen molar-refractivity contribution in [2.45, 2.75) is 38.0 Å². The third-order valence-electron chi connectivity index (χ3n) is 4.19. The van der Waals surface area contributed by atoms with Crippen molar-refractivity contribution < 1.29 is 9.59 Å². The summed E-state index contributed by atoms with van der Waals surface area (Å²) < 4.78 is 0. The Kier molecular flexibility index (Phi) is 2.05. The van der Waals surface area contributed by atoms with E-state index in [1.807, 2.05) is 12.1 Å². The number of nitrogens with one attached hydrogen (secondary N) is 1. The average Bonchev–Trinajstić information content (AvgIpc) is 2.99. The molecular weight excluding hydrogens is 226 g/mol. The lowest BCUT2D eigenvalue weighted by Crippen LogP contribution is -2.30. The summed E-state index contributed by atoms with van der Waals surface area (Å²) in [5, 5.41) is 2.42. The zero-order chi connectivity index (χ0) is 13.1. The van der Waals surface area contributed by atoms with Crippen LogP contribution >= 0.6 is 0 Å². The molecule has 2 amide bonds. The van der Waals surface area contributed by atoms with Gasteiger partial charge in [0.05, 0.1) is 11.3 Å². The number of carbonyl (C=O) groups is 2. The number of hydrogen-bond acceptors (Lipinski definition) is 2. The first kappa shape index (κ1) is 11.5. The van der Waals surface area contributed by atoms with Gasteiger partial charge in [-0.25, -0.2) is 0 Å². The summed E-state index contributed by atoms with van der Waals surface area (Å²) in [5.41, 5.74) is 1.77. The fourth-order valence-corrected chi connectivity index (χ4v) is 2.86. The van der Waals surface area contributed by atoms with Gasteiger partial charge in [-0.3, -0.25) is 14.9 Å². The van der Waals surface area contributed by atoms with E-state index in [-0.39, 0.29) is 23.1 Å². The highest BCUT2D eigenvalue weighted by atomic mass is 16.2. The van der Waals surface area contributed by atoms with Crippen molar-refractivity contribution in [2.75, 3.05) is 0 Å². The second-order valence-corrected chi connectivity index (χ2v) is 6.37. The van der Waals surface area contributed by atoms with Crippen LogP contribution in [0, 0.1) is 5.92 Å². The highest BCUT2D eigenvalue weighted by molar-refractivity contribution is 6.15. The lowest BCUT2D eigenvalue weighted by atomic mass is 9.84. The summed E-state index contributed by atoms with van der Waals surface area (Å²) >= 11 is 0. The second-order valence-electron chi connectivity index (χ2n) is 6.37. The minimum absolute atomic E-state index is 0.104. The van der Waals surface area contributed by atoms with Crippen LogP contribution in [0.1, 0.15) is 38.3 Å². The Balaban J connectivity index is 1.96. The monoisotopic (exact) mass is 243 g/mol. The average molecular weight is 243 g/mol. The van der Waals surface area contributed by atoms with E-state index in [0.717, 1.165) is 5.56 Å². The number of fused-ring (bicyclic) bond motifs is 1. The normalized spacial score (nSPS) is 30.1. The van der Waals surface area contributed by atoms with E-state index in [1.165, 1.54) is 5.56 Å². The molecule has 3 nitrogen and oxygen atoms in total. The molecule has 18 heavy (non-hydrogen) atoms. The van der Waals surface area contributed by atoms with Gasteiger partial charge in [0, 0.05) is 0 Å². The molecule has 0 bridgehead atoms. The largest absolute Gasteiger partial charge is 0.295 e. The van der Waals surface area contributed by atoms with Crippen LogP contribution in [0.2, 0.25) is 0 Å². The van der Waals surface area contributed by atoms with Gasteiger partial charge in [0.1, 0.15) is 0 Å². The van der Waals surface area contributed by atoms with Crippen molar-refractivity contribution in [1.82, 2.24) is 5.32 Å². The van der Waals surface area contributed by atoms with E-state index in [4.69, 9.17) is 0 Å². The van der Waals surface area contributed by atoms with Crippen LogP contribution < -0.4 is 5.32 Å². The molecule has 1 heterocycles. The molecule has 1 aliphatic heterocycles. The van der Waals surface area contributed by atoms with Crippen molar-refractivity contribution in [2.24, 2.45) is 5.92 Å². The molecule has 1 aromatic rings. The Labute approximate surface area is 107 Å². The molecule has 1 N–H and O–H groups in total. The lowest BCUT2D eigenvalue weighted by Gasteiger charge is -2.20. The predicted molar refractivity (Wildman–Crippen MR) is 68.1 cm³/mol. The van der Waals surface area contributed by atoms with E-state index >= 15 is 0 Å². The van der Waals surface area contributed by atoms with E-state index in [1.54, 1.807) is 0 Å². The number of rotatable bonds is 1. The van der Waals surface area contributed by atoms with Crippen molar-refractivity contribution in [3.63, 3.8) is 0 Å². The Morgan fingerprint density at radius 3 is 2.17 bits per heavy atom. The smallest absolute Gasteiger partial charge is 0.238 e. The number of imide groups is 1. The van der Waals surface area contributed by atoms with E-state index in [0.29, 0.717) is 6.42 Å². The second kappa shape index (κ2) is 3.22. The number of benzene rings is 1. The van der Waals surface area contributed by atoms with Crippen LogP contribution in [0.5, 0.6) is 0 Å². The Bertz CT molecular complexity index is 539. The van der Waals surface area contributed by atoms with Gasteiger partial charge in [0.2, 0.25) is 11.8 Å². The van der Waals surface area contributed by atoms with Crippen molar-refractivity contribution in [1.29, 1.82) is 0 Å². The molecule has 3 rings (SSSR count). The van der Waals surface area contributed by atoms with E-state index in [9.17, 15) is 9.59 Å². The summed E-state index contributed by atoms with van der Waals surface area (Å²) in [6.45, 7) is 6.48.